The Labute approximate surface area is 105 Å². The summed E-state index contributed by atoms with van der Waals surface area (Å²) in [6.45, 7) is 0.412. The molecule has 0 heterocycles. The van der Waals surface area contributed by atoms with Crippen molar-refractivity contribution in [2.24, 2.45) is 0 Å². The summed E-state index contributed by atoms with van der Waals surface area (Å²) in [4.78, 5) is 0. The van der Waals surface area contributed by atoms with Gasteiger partial charge in [0, 0.05) is 23.4 Å². The van der Waals surface area contributed by atoms with Crippen LogP contribution in [0.5, 0.6) is 0 Å². The minimum absolute atomic E-state index is 0.412. The van der Waals surface area contributed by atoms with E-state index in [4.69, 9.17) is 0 Å². The highest BCUT2D eigenvalue weighted by atomic mass is 32.2. The number of benzene rings is 1. The van der Waals surface area contributed by atoms with E-state index in [1.165, 1.54) is 6.42 Å². The van der Waals surface area contributed by atoms with Crippen LogP contribution in [0.15, 0.2) is 18.2 Å². The second kappa shape index (κ2) is 5.83. The Bertz CT molecular complexity index is 384. The first-order chi connectivity index (χ1) is 8.20. The number of hydrogen-bond donors (Lipinski definition) is 1. The summed E-state index contributed by atoms with van der Waals surface area (Å²) in [7, 11) is 0. The van der Waals surface area contributed by atoms with Crippen molar-refractivity contribution in [1.29, 1.82) is 0 Å². The highest BCUT2D eigenvalue weighted by molar-refractivity contribution is 7.99. The largest absolute Gasteiger partial charge is 0.310 e. The van der Waals surface area contributed by atoms with Gasteiger partial charge < -0.3 is 5.32 Å². The molecule has 1 fully saturated rings. The van der Waals surface area contributed by atoms with Gasteiger partial charge >= 0.3 is 0 Å². The molecule has 2 rings (SSSR count). The molecule has 0 saturated heterocycles. The first-order valence-corrected chi connectivity index (χ1v) is 7.18. The molecule has 1 aliphatic rings. The summed E-state index contributed by atoms with van der Waals surface area (Å²) >= 11 is 1.89. The normalized spacial score (nSPS) is 24.2. The molecular weight excluding hydrogens is 240 g/mol. The van der Waals surface area contributed by atoms with Gasteiger partial charge in [0.15, 0.2) is 11.6 Å². The predicted octanol–water partition coefficient (Wildman–Crippen LogP) is 3.34. The van der Waals surface area contributed by atoms with Gasteiger partial charge in [-0.1, -0.05) is 12.1 Å². The lowest BCUT2D eigenvalue weighted by molar-refractivity contribution is 0.475. The van der Waals surface area contributed by atoms with Crippen LogP contribution in [0.3, 0.4) is 0 Å². The van der Waals surface area contributed by atoms with E-state index >= 15 is 0 Å². The SMILES string of the molecule is CSC1CCC(NCc2cccc(F)c2F)C1. The van der Waals surface area contributed by atoms with E-state index in [1.807, 2.05) is 11.8 Å². The van der Waals surface area contributed by atoms with Crippen molar-refractivity contribution in [3.05, 3.63) is 35.4 Å². The Kier molecular flexibility index (Phi) is 4.40. The zero-order valence-electron chi connectivity index (χ0n) is 9.88. The monoisotopic (exact) mass is 257 g/mol. The molecule has 2 atom stereocenters. The van der Waals surface area contributed by atoms with Gasteiger partial charge in [-0.05, 0) is 31.6 Å². The van der Waals surface area contributed by atoms with E-state index in [-0.39, 0.29) is 0 Å². The molecule has 0 bridgehead atoms. The topological polar surface area (TPSA) is 12.0 Å². The van der Waals surface area contributed by atoms with E-state index in [1.54, 1.807) is 12.1 Å². The zero-order chi connectivity index (χ0) is 12.3. The van der Waals surface area contributed by atoms with Crippen LogP contribution in [0.2, 0.25) is 0 Å². The second-order valence-corrected chi connectivity index (χ2v) is 5.60. The highest BCUT2D eigenvalue weighted by Gasteiger charge is 2.23. The van der Waals surface area contributed by atoms with Crippen molar-refractivity contribution in [2.75, 3.05) is 6.26 Å². The third-order valence-electron chi connectivity index (χ3n) is 3.33. The molecule has 1 aliphatic carbocycles. The molecule has 94 valence electrons. The van der Waals surface area contributed by atoms with E-state index in [2.05, 4.69) is 11.6 Å². The minimum atomic E-state index is -0.766. The van der Waals surface area contributed by atoms with Gasteiger partial charge in [-0.2, -0.15) is 11.8 Å². The van der Waals surface area contributed by atoms with Crippen LogP contribution in [-0.2, 0) is 6.54 Å². The maximum Gasteiger partial charge on any atom is 0.163 e. The quantitative estimate of drug-likeness (QED) is 0.888. The van der Waals surface area contributed by atoms with E-state index in [9.17, 15) is 8.78 Å². The predicted molar refractivity (Wildman–Crippen MR) is 68.1 cm³/mol. The fourth-order valence-corrected chi connectivity index (χ4v) is 3.08. The van der Waals surface area contributed by atoms with Gasteiger partial charge in [-0.15, -0.1) is 0 Å². The first-order valence-electron chi connectivity index (χ1n) is 5.89. The summed E-state index contributed by atoms with van der Waals surface area (Å²) in [5.74, 6) is -1.49. The Morgan fingerprint density at radius 3 is 2.88 bits per heavy atom. The molecular formula is C13H17F2NS. The molecule has 0 aliphatic heterocycles. The van der Waals surface area contributed by atoms with Gasteiger partial charge in [0.1, 0.15) is 0 Å². The lowest BCUT2D eigenvalue weighted by atomic mass is 10.2. The van der Waals surface area contributed by atoms with Crippen molar-refractivity contribution in [1.82, 2.24) is 5.32 Å². The molecule has 0 spiro atoms. The van der Waals surface area contributed by atoms with Crippen molar-refractivity contribution >= 4 is 11.8 Å². The standard InChI is InChI=1S/C13H17F2NS/c1-17-11-6-5-10(7-11)16-8-9-3-2-4-12(14)13(9)15/h2-4,10-11,16H,5-8H2,1H3. The average molecular weight is 257 g/mol. The molecule has 4 heteroatoms. The summed E-state index contributed by atoms with van der Waals surface area (Å²) < 4.78 is 26.4. The van der Waals surface area contributed by atoms with Crippen LogP contribution in [-0.4, -0.2) is 17.5 Å². The Balaban J connectivity index is 1.88. The molecule has 1 saturated carbocycles. The first kappa shape index (κ1) is 12.8. The Morgan fingerprint density at radius 1 is 1.35 bits per heavy atom. The average Bonchev–Trinajstić information content (AvgIpc) is 2.79. The molecule has 0 amide bonds. The minimum Gasteiger partial charge on any atom is -0.310 e. The lowest BCUT2D eigenvalue weighted by Gasteiger charge is -2.13. The van der Waals surface area contributed by atoms with Crippen LogP contribution < -0.4 is 5.32 Å². The van der Waals surface area contributed by atoms with Crippen molar-refractivity contribution in [3.8, 4) is 0 Å². The van der Waals surface area contributed by atoms with Gasteiger partial charge in [0.2, 0.25) is 0 Å². The van der Waals surface area contributed by atoms with Crippen molar-refractivity contribution < 1.29 is 8.78 Å². The summed E-state index contributed by atoms with van der Waals surface area (Å²) in [6.07, 6.45) is 5.59. The lowest BCUT2D eigenvalue weighted by Crippen LogP contribution is -2.26. The van der Waals surface area contributed by atoms with E-state index < -0.39 is 11.6 Å². The summed E-state index contributed by atoms with van der Waals surface area (Å²) in [5, 5.41) is 4.02. The van der Waals surface area contributed by atoms with Gasteiger partial charge in [-0.3, -0.25) is 0 Å². The molecule has 1 nitrogen and oxygen atoms in total. The number of thioether (sulfide) groups is 1. The molecule has 2 unspecified atom stereocenters. The summed E-state index contributed by atoms with van der Waals surface area (Å²) in [6, 6.07) is 4.77. The molecule has 1 aromatic carbocycles. The van der Waals surface area contributed by atoms with Crippen LogP contribution in [0.4, 0.5) is 8.78 Å². The van der Waals surface area contributed by atoms with E-state index in [0.717, 1.165) is 18.9 Å². The van der Waals surface area contributed by atoms with Crippen LogP contribution in [0.1, 0.15) is 24.8 Å². The van der Waals surface area contributed by atoms with Crippen LogP contribution in [0.25, 0.3) is 0 Å². The third-order valence-corrected chi connectivity index (χ3v) is 4.43. The maximum atomic E-state index is 13.4. The Morgan fingerprint density at radius 2 is 2.18 bits per heavy atom. The van der Waals surface area contributed by atoms with Crippen molar-refractivity contribution in [3.63, 3.8) is 0 Å². The second-order valence-electron chi connectivity index (χ2n) is 4.46. The number of halogens is 2. The van der Waals surface area contributed by atoms with Crippen LogP contribution in [0, 0.1) is 11.6 Å². The number of rotatable bonds is 4. The number of nitrogens with one attached hydrogen (secondary N) is 1. The molecule has 1 N–H and O–H groups in total. The van der Waals surface area contributed by atoms with Crippen LogP contribution >= 0.6 is 11.8 Å². The molecule has 1 aromatic rings. The third kappa shape index (κ3) is 3.19. The van der Waals surface area contributed by atoms with Gasteiger partial charge in [0.05, 0.1) is 0 Å². The highest BCUT2D eigenvalue weighted by Crippen LogP contribution is 2.28. The van der Waals surface area contributed by atoms with Gasteiger partial charge in [-0.25, -0.2) is 8.78 Å². The van der Waals surface area contributed by atoms with Gasteiger partial charge in [0.25, 0.3) is 0 Å². The number of hydrogen-bond acceptors (Lipinski definition) is 2. The molecule has 0 radical (unpaired) electrons. The fourth-order valence-electron chi connectivity index (χ4n) is 2.28. The smallest absolute Gasteiger partial charge is 0.163 e. The van der Waals surface area contributed by atoms with Crippen molar-refractivity contribution in [2.45, 2.75) is 37.1 Å². The fraction of sp³-hybridized carbons (Fsp3) is 0.538. The van der Waals surface area contributed by atoms with E-state index in [0.29, 0.717) is 23.4 Å². The summed E-state index contributed by atoms with van der Waals surface area (Å²) in [5.41, 5.74) is 0.414. The maximum absolute atomic E-state index is 13.4. The zero-order valence-corrected chi connectivity index (χ0v) is 10.7. The molecule has 17 heavy (non-hydrogen) atoms. The molecule has 0 aromatic heterocycles. The Hall–Kier alpha value is -0.610.